The van der Waals surface area contributed by atoms with Gasteiger partial charge < -0.3 is 24.3 Å². The molecule has 0 bridgehead atoms. The fraction of sp³-hybridized carbons (Fsp3) is 0.167. The molecule has 4 heterocycles. The van der Waals surface area contributed by atoms with Gasteiger partial charge in [0.05, 0.1) is 6.33 Å². The molecule has 2 N–H and O–H groups in total. The molecule has 10 nitrogen and oxygen atoms in total. The van der Waals surface area contributed by atoms with Gasteiger partial charge in [-0.25, -0.2) is 9.67 Å². The van der Waals surface area contributed by atoms with Crippen molar-refractivity contribution in [1.82, 2.24) is 24.7 Å². The SMILES string of the molecule is CCN(C(=O)Cn1nc(-c2ccc3[nH]ccc3c2)c2nc[nH]c2c1=O)c1ccc2c(c1)OC(F)(F)O2. The predicted molar refractivity (Wildman–Crippen MR) is 126 cm³/mol. The summed E-state index contributed by atoms with van der Waals surface area (Å²) in [5.74, 6) is -0.775. The molecule has 0 unspecified atom stereocenters. The van der Waals surface area contributed by atoms with Gasteiger partial charge in [0.2, 0.25) is 5.91 Å². The summed E-state index contributed by atoms with van der Waals surface area (Å²) in [4.78, 5) is 37.9. The molecule has 12 heteroatoms. The van der Waals surface area contributed by atoms with Gasteiger partial charge in [-0.15, -0.1) is 8.78 Å². The first-order valence-electron chi connectivity index (χ1n) is 11.0. The van der Waals surface area contributed by atoms with Crippen LogP contribution in [0.5, 0.6) is 11.5 Å². The van der Waals surface area contributed by atoms with E-state index in [1.807, 2.05) is 30.5 Å². The lowest BCUT2D eigenvalue weighted by atomic mass is 10.1. The number of aromatic amines is 2. The predicted octanol–water partition coefficient (Wildman–Crippen LogP) is 3.64. The molecule has 0 spiro atoms. The van der Waals surface area contributed by atoms with Crippen molar-refractivity contribution in [3.05, 3.63) is 65.3 Å². The summed E-state index contributed by atoms with van der Waals surface area (Å²) in [6.45, 7) is 1.56. The Balaban J connectivity index is 1.36. The summed E-state index contributed by atoms with van der Waals surface area (Å²) >= 11 is 0. The number of amides is 1. The Labute approximate surface area is 201 Å². The Morgan fingerprint density at radius 1 is 1.11 bits per heavy atom. The summed E-state index contributed by atoms with van der Waals surface area (Å²) in [6.07, 6.45) is -0.542. The van der Waals surface area contributed by atoms with Crippen LogP contribution in [0.15, 0.2) is 59.8 Å². The second kappa shape index (κ2) is 7.90. The van der Waals surface area contributed by atoms with E-state index in [0.29, 0.717) is 16.9 Å². The van der Waals surface area contributed by atoms with E-state index in [9.17, 15) is 18.4 Å². The van der Waals surface area contributed by atoms with E-state index < -0.39 is 17.8 Å². The van der Waals surface area contributed by atoms with Crippen molar-refractivity contribution >= 4 is 33.5 Å². The minimum Gasteiger partial charge on any atom is -0.395 e. The molecule has 0 fully saturated rings. The molecular formula is C24H18F2N6O4. The van der Waals surface area contributed by atoms with Gasteiger partial charge in [0.15, 0.2) is 11.5 Å². The molecule has 36 heavy (non-hydrogen) atoms. The third kappa shape index (κ3) is 3.54. The molecule has 1 aliphatic heterocycles. The lowest BCUT2D eigenvalue weighted by Gasteiger charge is -2.21. The number of H-pyrrole nitrogens is 2. The number of hydrogen-bond acceptors (Lipinski definition) is 6. The Bertz CT molecular complexity index is 1710. The number of hydrogen-bond donors (Lipinski definition) is 2. The summed E-state index contributed by atoms with van der Waals surface area (Å²) < 4.78 is 36.8. The van der Waals surface area contributed by atoms with E-state index in [1.54, 1.807) is 6.92 Å². The standard InChI is InChI=1S/C24H18F2N6O4/c1-2-31(15-4-6-17-18(10-15)36-24(25,26)35-17)19(33)11-32-23(34)22-21(28-12-29-22)20(30-32)14-3-5-16-13(9-14)7-8-27-16/h3-10,12,27H,2,11H2,1H3,(H,28,29). The number of carbonyl (C=O) groups excluding carboxylic acids is 1. The number of nitrogens with one attached hydrogen (secondary N) is 2. The number of imidazole rings is 1. The van der Waals surface area contributed by atoms with Crippen molar-refractivity contribution in [3.63, 3.8) is 0 Å². The van der Waals surface area contributed by atoms with Crippen LogP contribution in [0, 0.1) is 0 Å². The van der Waals surface area contributed by atoms with Crippen LogP contribution in [0.1, 0.15) is 6.92 Å². The van der Waals surface area contributed by atoms with E-state index >= 15 is 0 Å². The minimum absolute atomic E-state index is 0.126. The fourth-order valence-corrected chi connectivity index (χ4v) is 4.30. The van der Waals surface area contributed by atoms with Gasteiger partial charge in [0.25, 0.3) is 5.56 Å². The van der Waals surface area contributed by atoms with Crippen LogP contribution in [0.3, 0.4) is 0 Å². The molecule has 182 valence electrons. The number of carbonyl (C=O) groups is 1. The number of alkyl halides is 2. The van der Waals surface area contributed by atoms with Crippen molar-refractivity contribution in [2.45, 2.75) is 19.8 Å². The zero-order valence-electron chi connectivity index (χ0n) is 18.8. The number of aromatic nitrogens is 5. The lowest BCUT2D eigenvalue weighted by molar-refractivity contribution is -0.286. The third-order valence-corrected chi connectivity index (χ3v) is 5.96. The number of benzene rings is 2. The number of anilines is 1. The molecule has 0 saturated heterocycles. The van der Waals surface area contributed by atoms with Crippen molar-refractivity contribution < 1.29 is 23.0 Å². The van der Waals surface area contributed by atoms with Gasteiger partial charge >= 0.3 is 6.29 Å². The number of ether oxygens (including phenoxy) is 2. The highest BCUT2D eigenvalue weighted by molar-refractivity contribution is 5.95. The average molecular weight is 492 g/mol. The fourth-order valence-electron chi connectivity index (χ4n) is 4.30. The molecule has 0 radical (unpaired) electrons. The van der Waals surface area contributed by atoms with Gasteiger partial charge in [-0.2, -0.15) is 5.10 Å². The summed E-state index contributed by atoms with van der Waals surface area (Å²) in [7, 11) is 0. The molecule has 3 aromatic heterocycles. The van der Waals surface area contributed by atoms with Crippen molar-refractivity contribution in [1.29, 1.82) is 0 Å². The van der Waals surface area contributed by atoms with Crippen LogP contribution in [-0.4, -0.2) is 43.5 Å². The van der Waals surface area contributed by atoms with E-state index in [1.165, 1.54) is 29.4 Å². The van der Waals surface area contributed by atoms with E-state index in [0.717, 1.165) is 21.1 Å². The Morgan fingerprint density at radius 3 is 2.78 bits per heavy atom. The van der Waals surface area contributed by atoms with Crippen LogP contribution < -0.4 is 19.9 Å². The summed E-state index contributed by atoms with van der Waals surface area (Å²) in [6, 6.07) is 11.7. The molecule has 0 aliphatic carbocycles. The molecule has 1 amide bonds. The van der Waals surface area contributed by atoms with E-state index in [4.69, 9.17) is 0 Å². The van der Waals surface area contributed by atoms with Crippen molar-refractivity contribution in [3.8, 4) is 22.8 Å². The summed E-state index contributed by atoms with van der Waals surface area (Å²) in [5.41, 5.74) is 2.53. The van der Waals surface area contributed by atoms with Gasteiger partial charge in [-0.1, -0.05) is 6.07 Å². The largest absolute Gasteiger partial charge is 0.586 e. The highest BCUT2D eigenvalue weighted by Gasteiger charge is 2.43. The zero-order chi connectivity index (χ0) is 25.0. The lowest BCUT2D eigenvalue weighted by Crippen LogP contribution is -2.37. The maximum atomic E-state index is 13.4. The Kier molecular flexibility index (Phi) is 4.78. The van der Waals surface area contributed by atoms with Gasteiger partial charge in [-0.3, -0.25) is 9.59 Å². The zero-order valence-corrected chi connectivity index (χ0v) is 18.8. The smallest absolute Gasteiger partial charge is 0.395 e. The topological polar surface area (TPSA) is 118 Å². The van der Waals surface area contributed by atoms with E-state index in [2.05, 4.69) is 29.5 Å². The quantitative estimate of drug-likeness (QED) is 0.387. The normalized spacial score (nSPS) is 14.0. The van der Waals surface area contributed by atoms with E-state index in [-0.39, 0.29) is 30.1 Å². The van der Waals surface area contributed by atoms with Gasteiger partial charge in [0.1, 0.15) is 23.3 Å². The first-order valence-corrected chi connectivity index (χ1v) is 11.0. The number of halogens is 2. The molecule has 1 aliphatic rings. The molecule has 2 aromatic carbocycles. The van der Waals surface area contributed by atoms with Crippen LogP contribution in [0.4, 0.5) is 14.5 Å². The van der Waals surface area contributed by atoms with Crippen LogP contribution in [-0.2, 0) is 11.3 Å². The molecule has 6 rings (SSSR count). The first-order chi connectivity index (χ1) is 17.3. The molecular weight excluding hydrogens is 474 g/mol. The monoisotopic (exact) mass is 492 g/mol. The highest BCUT2D eigenvalue weighted by Crippen LogP contribution is 2.42. The molecule has 0 atom stereocenters. The van der Waals surface area contributed by atoms with Crippen LogP contribution in [0.25, 0.3) is 33.2 Å². The maximum Gasteiger partial charge on any atom is 0.586 e. The average Bonchev–Trinajstić information content (AvgIpc) is 3.58. The van der Waals surface area contributed by atoms with Gasteiger partial charge in [-0.05, 0) is 37.3 Å². The number of nitrogens with zero attached hydrogens (tertiary/aromatic N) is 4. The second-order valence-electron chi connectivity index (χ2n) is 8.15. The Morgan fingerprint density at radius 2 is 1.94 bits per heavy atom. The van der Waals surface area contributed by atoms with Crippen molar-refractivity contribution in [2.75, 3.05) is 11.4 Å². The third-order valence-electron chi connectivity index (χ3n) is 5.96. The molecule has 5 aromatic rings. The maximum absolute atomic E-state index is 13.4. The van der Waals surface area contributed by atoms with Crippen LogP contribution in [0.2, 0.25) is 0 Å². The summed E-state index contributed by atoms with van der Waals surface area (Å²) in [5, 5.41) is 5.44. The Hall–Kier alpha value is -4.74. The first kappa shape index (κ1) is 21.8. The molecule has 0 saturated carbocycles. The van der Waals surface area contributed by atoms with Gasteiger partial charge in [0, 0.05) is 41.0 Å². The number of likely N-dealkylation sites (N-methyl/N-ethyl adjacent to an activating group) is 1. The second-order valence-corrected chi connectivity index (χ2v) is 8.15. The number of fused-ring (bicyclic) bond motifs is 3. The van der Waals surface area contributed by atoms with Crippen LogP contribution >= 0.6 is 0 Å². The van der Waals surface area contributed by atoms with Crippen molar-refractivity contribution in [2.24, 2.45) is 0 Å². The minimum atomic E-state index is -3.77. The highest BCUT2D eigenvalue weighted by atomic mass is 19.3. The number of rotatable bonds is 5.